The number of halogens is 1. The number of benzene rings is 1. The number of hydrogen-bond acceptors (Lipinski definition) is 3. The van der Waals surface area contributed by atoms with Gasteiger partial charge in [-0.25, -0.2) is 0 Å². The number of hydrogen-bond donors (Lipinski definition) is 1. The minimum Gasteiger partial charge on any atom is -0.508 e. The first kappa shape index (κ1) is 17.3. The summed E-state index contributed by atoms with van der Waals surface area (Å²) in [5.74, 6) is 1.44. The summed E-state index contributed by atoms with van der Waals surface area (Å²) in [5.41, 5.74) is 1.69. The quantitative estimate of drug-likeness (QED) is 0.601. The van der Waals surface area contributed by atoms with Crippen LogP contribution in [0.2, 0.25) is 0 Å². The van der Waals surface area contributed by atoms with Crippen molar-refractivity contribution >= 4 is 16.8 Å². The molecule has 2 atom stereocenters. The number of rotatable bonds is 2. The van der Waals surface area contributed by atoms with Gasteiger partial charge in [0.15, 0.2) is 0 Å². The van der Waals surface area contributed by atoms with Gasteiger partial charge in [-0.15, -0.1) is 0 Å². The number of carbonyl (C=O) groups is 1. The molecule has 24 heavy (non-hydrogen) atoms. The van der Waals surface area contributed by atoms with Crippen LogP contribution < -0.4 is 4.74 Å². The Bertz CT molecular complexity index is 731. The predicted octanol–water partition coefficient (Wildman–Crippen LogP) is 5.05. The van der Waals surface area contributed by atoms with Gasteiger partial charge in [-0.3, -0.25) is 4.79 Å². The number of fused-ring (bicyclic) bond motifs is 3. The van der Waals surface area contributed by atoms with Crippen LogP contribution >= 0.6 is 11.6 Å². The molecule has 1 aromatic carbocycles. The second-order valence-electron chi connectivity index (χ2n) is 8.21. The van der Waals surface area contributed by atoms with E-state index >= 15 is 0 Å². The van der Waals surface area contributed by atoms with Crippen LogP contribution in [-0.4, -0.2) is 16.0 Å². The molecule has 0 amide bonds. The molecule has 1 aliphatic carbocycles. The molecular formula is C20H25ClO3. The van der Waals surface area contributed by atoms with E-state index in [0.29, 0.717) is 17.2 Å². The van der Waals surface area contributed by atoms with Crippen molar-refractivity contribution in [2.75, 3.05) is 0 Å². The van der Waals surface area contributed by atoms with Gasteiger partial charge in [0, 0.05) is 17.4 Å². The first-order valence-corrected chi connectivity index (χ1v) is 8.84. The Morgan fingerprint density at radius 1 is 1.38 bits per heavy atom. The largest absolute Gasteiger partial charge is 0.508 e. The van der Waals surface area contributed by atoms with E-state index in [1.165, 1.54) is 5.57 Å². The highest BCUT2D eigenvalue weighted by molar-refractivity contribution is 6.65. The Hall–Kier alpha value is -1.48. The van der Waals surface area contributed by atoms with Crippen molar-refractivity contribution in [1.82, 2.24) is 0 Å². The molecular weight excluding hydrogens is 324 g/mol. The molecule has 2 unspecified atom stereocenters. The molecule has 0 saturated heterocycles. The third-order valence-corrected chi connectivity index (χ3v) is 6.19. The maximum Gasteiger partial charge on any atom is 0.231 e. The van der Waals surface area contributed by atoms with Crippen LogP contribution in [0, 0.1) is 5.92 Å². The molecule has 1 aromatic rings. The van der Waals surface area contributed by atoms with Crippen molar-refractivity contribution in [3.8, 4) is 11.5 Å². The second-order valence-corrected chi connectivity index (χ2v) is 8.56. The number of carbonyl (C=O) groups excluding carboxylic acids is 1. The van der Waals surface area contributed by atoms with Crippen LogP contribution in [0.4, 0.5) is 0 Å². The zero-order valence-corrected chi connectivity index (χ0v) is 15.7. The van der Waals surface area contributed by atoms with Gasteiger partial charge in [-0.2, -0.15) is 0 Å². The lowest BCUT2D eigenvalue weighted by atomic mass is 9.67. The molecule has 0 radical (unpaired) electrons. The minimum atomic E-state index is -0.874. The van der Waals surface area contributed by atoms with Gasteiger partial charge in [0.25, 0.3) is 0 Å². The lowest BCUT2D eigenvalue weighted by Gasteiger charge is -2.47. The molecule has 2 aliphatic rings. The zero-order chi connectivity index (χ0) is 17.9. The van der Waals surface area contributed by atoms with Gasteiger partial charge in [0.1, 0.15) is 17.1 Å². The Morgan fingerprint density at radius 3 is 2.67 bits per heavy atom. The van der Waals surface area contributed by atoms with Crippen LogP contribution in [0.1, 0.15) is 64.5 Å². The SMILES string of the molecule is CC1=CCC2C(C1)c1c(O)cc(C(C)(C)C(=O)Cl)cc1OC2(C)C. The van der Waals surface area contributed by atoms with Crippen LogP contribution in [0.5, 0.6) is 11.5 Å². The van der Waals surface area contributed by atoms with Gasteiger partial charge >= 0.3 is 0 Å². The average Bonchev–Trinajstić information content (AvgIpc) is 2.45. The van der Waals surface area contributed by atoms with Crippen molar-refractivity contribution in [2.24, 2.45) is 5.92 Å². The monoisotopic (exact) mass is 348 g/mol. The molecule has 0 fully saturated rings. The maximum atomic E-state index is 11.8. The number of ether oxygens (including phenoxy) is 1. The Morgan fingerprint density at radius 2 is 2.04 bits per heavy atom. The molecule has 1 N–H and O–H groups in total. The fraction of sp³-hybridized carbons (Fsp3) is 0.550. The Kier molecular flexibility index (Phi) is 3.99. The van der Waals surface area contributed by atoms with E-state index in [0.717, 1.165) is 18.4 Å². The van der Waals surface area contributed by atoms with E-state index in [2.05, 4.69) is 26.8 Å². The summed E-state index contributed by atoms with van der Waals surface area (Å²) in [4.78, 5) is 11.8. The zero-order valence-electron chi connectivity index (χ0n) is 14.9. The summed E-state index contributed by atoms with van der Waals surface area (Å²) in [5, 5.41) is 10.3. The van der Waals surface area contributed by atoms with E-state index < -0.39 is 10.7 Å². The van der Waals surface area contributed by atoms with Crippen molar-refractivity contribution in [3.63, 3.8) is 0 Å². The Labute approximate surface area is 148 Å². The molecule has 4 heteroatoms. The summed E-state index contributed by atoms with van der Waals surface area (Å²) in [7, 11) is 0. The van der Waals surface area contributed by atoms with Crippen molar-refractivity contribution in [1.29, 1.82) is 0 Å². The van der Waals surface area contributed by atoms with E-state index in [4.69, 9.17) is 16.3 Å². The normalized spacial score (nSPS) is 25.2. The number of allylic oxidation sites excluding steroid dienone is 2. The van der Waals surface area contributed by atoms with Gasteiger partial charge in [0.2, 0.25) is 5.24 Å². The van der Waals surface area contributed by atoms with Crippen molar-refractivity contribution < 1.29 is 14.6 Å². The number of aromatic hydroxyl groups is 1. The Balaban J connectivity index is 2.16. The van der Waals surface area contributed by atoms with Crippen LogP contribution in [0.25, 0.3) is 0 Å². The molecule has 0 aromatic heterocycles. The number of phenols is 1. The maximum absolute atomic E-state index is 11.8. The molecule has 130 valence electrons. The first-order valence-electron chi connectivity index (χ1n) is 8.46. The average molecular weight is 349 g/mol. The fourth-order valence-electron chi connectivity index (χ4n) is 4.04. The lowest BCUT2D eigenvalue weighted by Crippen LogP contribution is -2.45. The minimum absolute atomic E-state index is 0.202. The highest BCUT2D eigenvalue weighted by Gasteiger charge is 2.46. The van der Waals surface area contributed by atoms with Crippen molar-refractivity contribution in [3.05, 3.63) is 34.9 Å². The molecule has 0 bridgehead atoms. The van der Waals surface area contributed by atoms with E-state index in [1.54, 1.807) is 19.9 Å². The number of phenolic OH excluding ortho intramolecular Hbond substituents is 1. The molecule has 3 rings (SSSR count). The summed E-state index contributed by atoms with van der Waals surface area (Å²) in [6.45, 7) is 9.86. The standard InChI is InChI=1S/C20H25ClO3/c1-11-6-7-14-13(8-11)17-15(22)9-12(19(2,3)18(21)23)10-16(17)24-20(14,4)5/h6,9-10,13-14,22H,7-8H2,1-5H3. The third-order valence-electron chi connectivity index (χ3n) is 5.72. The summed E-state index contributed by atoms with van der Waals surface area (Å²) >= 11 is 5.76. The molecule has 1 aliphatic heterocycles. The topological polar surface area (TPSA) is 46.5 Å². The van der Waals surface area contributed by atoms with Crippen LogP contribution in [-0.2, 0) is 10.2 Å². The summed E-state index contributed by atoms with van der Waals surface area (Å²) in [6, 6.07) is 3.55. The van der Waals surface area contributed by atoms with Gasteiger partial charge in [0.05, 0.1) is 5.41 Å². The summed E-state index contributed by atoms with van der Waals surface area (Å²) < 4.78 is 6.28. The highest BCUT2D eigenvalue weighted by atomic mass is 35.5. The molecule has 1 heterocycles. The molecule has 0 saturated carbocycles. The fourth-order valence-corrected chi connectivity index (χ4v) is 4.15. The summed E-state index contributed by atoms with van der Waals surface area (Å²) in [6.07, 6.45) is 4.16. The van der Waals surface area contributed by atoms with Gasteiger partial charge < -0.3 is 9.84 Å². The van der Waals surface area contributed by atoms with Crippen molar-refractivity contribution in [2.45, 2.75) is 64.4 Å². The van der Waals surface area contributed by atoms with Crippen LogP contribution in [0.3, 0.4) is 0 Å². The molecule has 3 nitrogen and oxygen atoms in total. The molecule has 0 spiro atoms. The third kappa shape index (κ3) is 2.63. The van der Waals surface area contributed by atoms with Crippen LogP contribution in [0.15, 0.2) is 23.8 Å². The predicted molar refractivity (Wildman–Crippen MR) is 95.9 cm³/mol. The second kappa shape index (κ2) is 5.52. The lowest BCUT2D eigenvalue weighted by molar-refractivity contribution is -0.115. The van der Waals surface area contributed by atoms with Gasteiger partial charge in [-0.05, 0) is 76.8 Å². The van der Waals surface area contributed by atoms with Gasteiger partial charge in [-0.1, -0.05) is 11.6 Å². The smallest absolute Gasteiger partial charge is 0.231 e. The van der Waals surface area contributed by atoms with E-state index in [1.807, 2.05) is 6.07 Å². The highest BCUT2D eigenvalue weighted by Crippen LogP contribution is 2.54. The first-order chi connectivity index (χ1) is 11.0. The van der Waals surface area contributed by atoms with E-state index in [-0.39, 0.29) is 17.3 Å². The van der Waals surface area contributed by atoms with E-state index in [9.17, 15) is 9.90 Å².